The molecular formula is C11H9ClFNO. The highest BCUT2D eigenvalue weighted by Crippen LogP contribution is 2.24. The van der Waals surface area contributed by atoms with Gasteiger partial charge in [0, 0.05) is 18.0 Å². The van der Waals surface area contributed by atoms with Gasteiger partial charge in [-0.25, -0.2) is 4.39 Å². The van der Waals surface area contributed by atoms with Crippen molar-refractivity contribution in [3.63, 3.8) is 0 Å². The van der Waals surface area contributed by atoms with Crippen LogP contribution in [0, 0.1) is 12.7 Å². The maximum atomic E-state index is 13.0. The fourth-order valence-corrected chi connectivity index (χ4v) is 1.87. The summed E-state index contributed by atoms with van der Waals surface area (Å²) in [6.07, 6.45) is 0. The van der Waals surface area contributed by atoms with Crippen molar-refractivity contribution >= 4 is 22.5 Å². The average molecular weight is 226 g/mol. The largest absolute Gasteiger partial charge is 0.311 e. The highest BCUT2D eigenvalue weighted by Gasteiger charge is 2.10. The molecule has 1 aromatic carbocycles. The molecule has 1 heterocycles. The Morgan fingerprint density at radius 2 is 2.07 bits per heavy atom. The van der Waals surface area contributed by atoms with Gasteiger partial charge >= 0.3 is 0 Å². The molecule has 78 valence electrons. The van der Waals surface area contributed by atoms with Crippen molar-refractivity contribution in [1.82, 2.24) is 4.57 Å². The van der Waals surface area contributed by atoms with Gasteiger partial charge in [0.05, 0.1) is 10.5 Å². The van der Waals surface area contributed by atoms with Gasteiger partial charge in [-0.3, -0.25) is 4.79 Å². The Morgan fingerprint density at radius 3 is 2.73 bits per heavy atom. The Morgan fingerprint density at radius 1 is 1.40 bits per heavy atom. The molecule has 0 atom stereocenters. The molecule has 0 N–H and O–H groups in total. The van der Waals surface area contributed by atoms with Gasteiger partial charge in [0.1, 0.15) is 5.82 Å². The summed E-state index contributed by atoms with van der Waals surface area (Å²) >= 11 is 6.02. The minimum atomic E-state index is -0.377. The van der Waals surface area contributed by atoms with E-state index >= 15 is 0 Å². The Kier molecular flexibility index (Phi) is 2.27. The Bertz CT molecular complexity index is 604. The van der Waals surface area contributed by atoms with E-state index in [1.165, 1.54) is 16.7 Å². The molecule has 0 unspecified atom stereocenters. The highest BCUT2D eigenvalue weighted by molar-refractivity contribution is 6.36. The summed E-state index contributed by atoms with van der Waals surface area (Å²) in [5.74, 6) is -0.377. The summed E-state index contributed by atoms with van der Waals surface area (Å²) in [6.45, 7) is 1.66. The Hall–Kier alpha value is -1.35. The van der Waals surface area contributed by atoms with Gasteiger partial charge < -0.3 is 4.57 Å². The molecule has 0 saturated carbocycles. The zero-order chi connectivity index (χ0) is 11.2. The van der Waals surface area contributed by atoms with E-state index in [0.29, 0.717) is 21.5 Å². The first-order valence-corrected chi connectivity index (χ1v) is 4.84. The van der Waals surface area contributed by atoms with Crippen LogP contribution in [-0.4, -0.2) is 4.57 Å². The smallest absolute Gasteiger partial charge is 0.255 e. The normalized spacial score (nSPS) is 10.9. The van der Waals surface area contributed by atoms with Crippen LogP contribution in [0.25, 0.3) is 10.9 Å². The molecule has 0 radical (unpaired) electrons. The molecule has 15 heavy (non-hydrogen) atoms. The molecule has 0 saturated heterocycles. The number of benzene rings is 1. The molecule has 2 nitrogen and oxygen atoms in total. The van der Waals surface area contributed by atoms with E-state index in [2.05, 4.69) is 0 Å². The second kappa shape index (κ2) is 3.35. The predicted molar refractivity (Wildman–Crippen MR) is 58.9 cm³/mol. The van der Waals surface area contributed by atoms with E-state index in [1.54, 1.807) is 20.0 Å². The van der Waals surface area contributed by atoms with E-state index in [9.17, 15) is 9.18 Å². The van der Waals surface area contributed by atoms with Crippen molar-refractivity contribution in [3.05, 3.63) is 45.0 Å². The number of aryl methyl sites for hydroxylation is 1. The molecule has 2 aromatic rings. The van der Waals surface area contributed by atoms with Crippen molar-refractivity contribution in [2.24, 2.45) is 7.05 Å². The van der Waals surface area contributed by atoms with Gasteiger partial charge in [0.2, 0.25) is 0 Å². The lowest BCUT2D eigenvalue weighted by atomic mass is 10.1. The van der Waals surface area contributed by atoms with Crippen molar-refractivity contribution in [3.8, 4) is 0 Å². The molecule has 0 amide bonds. The fourth-order valence-electron chi connectivity index (χ4n) is 1.62. The van der Waals surface area contributed by atoms with Crippen molar-refractivity contribution < 1.29 is 4.39 Å². The van der Waals surface area contributed by atoms with Crippen molar-refractivity contribution in [1.29, 1.82) is 0 Å². The summed E-state index contributed by atoms with van der Waals surface area (Å²) < 4.78 is 14.4. The maximum absolute atomic E-state index is 13.0. The quantitative estimate of drug-likeness (QED) is 0.676. The number of fused-ring (bicyclic) bond motifs is 1. The summed E-state index contributed by atoms with van der Waals surface area (Å²) in [5.41, 5.74) is 0.798. The van der Waals surface area contributed by atoms with Crippen molar-refractivity contribution in [2.45, 2.75) is 6.92 Å². The molecule has 0 aliphatic heterocycles. The van der Waals surface area contributed by atoms with Crippen LogP contribution in [0.4, 0.5) is 4.39 Å². The third-order valence-electron chi connectivity index (χ3n) is 2.51. The second-order valence-corrected chi connectivity index (χ2v) is 3.84. The SMILES string of the molecule is Cc1c(Cl)c2ccc(F)cc2n(C)c1=O. The lowest BCUT2D eigenvalue weighted by Gasteiger charge is -2.08. The number of aromatic nitrogens is 1. The molecule has 0 bridgehead atoms. The third-order valence-corrected chi connectivity index (χ3v) is 3.00. The van der Waals surface area contributed by atoms with Crippen LogP contribution in [0.15, 0.2) is 23.0 Å². The van der Waals surface area contributed by atoms with Crippen LogP contribution in [0.5, 0.6) is 0 Å². The summed E-state index contributed by atoms with van der Waals surface area (Å²) in [5, 5.41) is 1.09. The molecule has 1 aromatic heterocycles. The monoisotopic (exact) mass is 225 g/mol. The van der Waals surface area contributed by atoms with Crippen LogP contribution in [0.2, 0.25) is 5.02 Å². The zero-order valence-corrected chi connectivity index (χ0v) is 9.10. The third kappa shape index (κ3) is 1.43. The van der Waals surface area contributed by atoms with Gasteiger partial charge in [0.15, 0.2) is 0 Å². The molecule has 2 rings (SSSR count). The Balaban J connectivity index is 3.07. The van der Waals surface area contributed by atoms with Gasteiger partial charge in [-0.2, -0.15) is 0 Å². The summed E-state index contributed by atoms with van der Waals surface area (Å²) in [7, 11) is 1.60. The number of nitrogens with zero attached hydrogens (tertiary/aromatic N) is 1. The second-order valence-electron chi connectivity index (χ2n) is 3.46. The molecule has 0 spiro atoms. The molecule has 0 aliphatic carbocycles. The molecule has 4 heteroatoms. The van der Waals surface area contributed by atoms with Crippen LogP contribution < -0.4 is 5.56 Å². The molecular weight excluding hydrogens is 217 g/mol. The van der Waals surface area contributed by atoms with E-state index in [-0.39, 0.29) is 11.4 Å². The first-order chi connectivity index (χ1) is 7.02. The van der Waals surface area contributed by atoms with E-state index in [4.69, 9.17) is 11.6 Å². The van der Waals surface area contributed by atoms with E-state index < -0.39 is 0 Å². The van der Waals surface area contributed by atoms with Crippen LogP contribution in [0.3, 0.4) is 0 Å². The topological polar surface area (TPSA) is 22.0 Å². The van der Waals surface area contributed by atoms with Gasteiger partial charge in [-0.1, -0.05) is 11.6 Å². The lowest BCUT2D eigenvalue weighted by molar-refractivity contribution is 0.628. The van der Waals surface area contributed by atoms with Crippen molar-refractivity contribution in [2.75, 3.05) is 0 Å². The predicted octanol–water partition coefficient (Wildman–Crippen LogP) is 2.64. The van der Waals surface area contributed by atoms with Crippen LogP contribution in [-0.2, 0) is 7.05 Å². The van der Waals surface area contributed by atoms with E-state index in [1.807, 2.05) is 0 Å². The number of hydrogen-bond acceptors (Lipinski definition) is 1. The first kappa shape index (κ1) is 10.2. The number of pyridine rings is 1. The summed E-state index contributed by atoms with van der Waals surface area (Å²) in [4.78, 5) is 11.7. The highest BCUT2D eigenvalue weighted by atomic mass is 35.5. The lowest BCUT2D eigenvalue weighted by Crippen LogP contribution is -2.20. The maximum Gasteiger partial charge on any atom is 0.255 e. The molecule has 0 fully saturated rings. The van der Waals surface area contributed by atoms with Gasteiger partial charge in [-0.05, 0) is 25.1 Å². The standard InChI is InChI=1S/C11H9ClFNO/c1-6-10(12)8-4-3-7(13)5-9(8)14(2)11(6)15/h3-5H,1-2H3. The van der Waals surface area contributed by atoms with Crippen LogP contribution >= 0.6 is 11.6 Å². The average Bonchev–Trinajstić information content (AvgIpc) is 2.23. The fraction of sp³-hybridized carbons (Fsp3) is 0.182. The number of rotatable bonds is 0. The van der Waals surface area contributed by atoms with Gasteiger partial charge in [0.25, 0.3) is 5.56 Å². The Labute approximate surface area is 90.9 Å². The van der Waals surface area contributed by atoms with Gasteiger partial charge in [-0.15, -0.1) is 0 Å². The minimum Gasteiger partial charge on any atom is -0.311 e. The minimum absolute atomic E-state index is 0.196. The van der Waals surface area contributed by atoms with Crippen LogP contribution in [0.1, 0.15) is 5.56 Å². The molecule has 0 aliphatic rings. The number of halogens is 2. The first-order valence-electron chi connectivity index (χ1n) is 4.46. The van der Waals surface area contributed by atoms with E-state index in [0.717, 1.165) is 0 Å². The summed E-state index contributed by atoms with van der Waals surface area (Å²) in [6, 6.07) is 4.22. The zero-order valence-electron chi connectivity index (χ0n) is 8.34. The number of hydrogen-bond donors (Lipinski definition) is 0.